The van der Waals surface area contributed by atoms with Crippen LogP contribution in [0.3, 0.4) is 0 Å². The molecule has 0 aliphatic heterocycles. The molecule has 3 fully saturated rings. The van der Waals surface area contributed by atoms with Gasteiger partial charge in [0.25, 0.3) is 0 Å². The standard InChI is InChI=1S/C19H22O2/c1-9-6-10(2)14(11(3)7-9)17-18(20)15-12-4-5-13(8-12)16(15)19(17)21/h6-7,12-13,15-17H,4-5,8H2,1-3H3/t12-,13+,15-,16+,17?. The van der Waals surface area contributed by atoms with Crippen molar-refractivity contribution in [2.24, 2.45) is 23.7 Å². The first-order chi connectivity index (χ1) is 9.99. The van der Waals surface area contributed by atoms with Crippen molar-refractivity contribution in [2.45, 2.75) is 46.0 Å². The molecule has 3 aliphatic rings. The minimum Gasteiger partial charge on any atom is -0.298 e. The van der Waals surface area contributed by atoms with E-state index in [0.717, 1.165) is 36.0 Å². The minimum atomic E-state index is -0.469. The van der Waals surface area contributed by atoms with E-state index in [4.69, 9.17) is 0 Å². The first kappa shape index (κ1) is 13.2. The summed E-state index contributed by atoms with van der Waals surface area (Å²) in [7, 11) is 0. The Morgan fingerprint density at radius 3 is 1.81 bits per heavy atom. The third-order valence-electron chi connectivity index (χ3n) is 6.17. The van der Waals surface area contributed by atoms with E-state index in [1.807, 2.05) is 13.8 Å². The lowest BCUT2D eigenvalue weighted by Gasteiger charge is -2.21. The molecule has 0 amide bonds. The molecule has 21 heavy (non-hydrogen) atoms. The van der Waals surface area contributed by atoms with Crippen molar-refractivity contribution in [2.75, 3.05) is 0 Å². The molecule has 0 spiro atoms. The monoisotopic (exact) mass is 282 g/mol. The highest BCUT2D eigenvalue weighted by molar-refractivity contribution is 6.16. The molecule has 0 aromatic heterocycles. The molecule has 4 rings (SSSR count). The maximum atomic E-state index is 13.0. The van der Waals surface area contributed by atoms with Gasteiger partial charge >= 0.3 is 0 Å². The number of hydrogen-bond donors (Lipinski definition) is 0. The summed E-state index contributed by atoms with van der Waals surface area (Å²) in [5.41, 5.74) is 4.41. The molecule has 3 aliphatic carbocycles. The third-order valence-corrected chi connectivity index (χ3v) is 6.17. The van der Waals surface area contributed by atoms with Crippen LogP contribution < -0.4 is 0 Å². The number of aryl methyl sites for hydroxylation is 3. The lowest BCUT2D eigenvalue weighted by molar-refractivity contribution is -0.125. The van der Waals surface area contributed by atoms with Crippen LogP contribution in [0.5, 0.6) is 0 Å². The molecule has 1 aromatic rings. The normalized spacial score (nSPS) is 37.4. The Morgan fingerprint density at radius 2 is 1.33 bits per heavy atom. The van der Waals surface area contributed by atoms with E-state index in [1.54, 1.807) is 0 Å². The van der Waals surface area contributed by atoms with Crippen LogP contribution >= 0.6 is 0 Å². The fraction of sp³-hybridized carbons (Fsp3) is 0.579. The van der Waals surface area contributed by atoms with Crippen LogP contribution in [0.15, 0.2) is 12.1 Å². The number of Topliss-reactive ketones (excluding diaryl/α,β-unsaturated/α-hetero) is 2. The molecule has 2 bridgehead atoms. The van der Waals surface area contributed by atoms with Gasteiger partial charge in [-0.3, -0.25) is 9.59 Å². The van der Waals surface area contributed by atoms with Gasteiger partial charge in [0.2, 0.25) is 0 Å². The number of benzene rings is 1. The summed E-state index contributed by atoms with van der Waals surface area (Å²) in [4.78, 5) is 25.9. The fourth-order valence-electron chi connectivity index (χ4n) is 5.57. The molecule has 2 nitrogen and oxygen atoms in total. The zero-order valence-electron chi connectivity index (χ0n) is 13.0. The first-order valence-electron chi connectivity index (χ1n) is 8.14. The maximum Gasteiger partial charge on any atom is 0.151 e. The summed E-state index contributed by atoms with van der Waals surface area (Å²) in [6.45, 7) is 6.15. The second-order valence-electron chi connectivity index (χ2n) is 7.43. The van der Waals surface area contributed by atoms with Crippen LogP contribution in [0.2, 0.25) is 0 Å². The van der Waals surface area contributed by atoms with Crippen LogP contribution in [0.1, 0.15) is 47.4 Å². The summed E-state index contributed by atoms with van der Waals surface area (Å²) in [5, 5.41) is 0. The van der Waals surface area contributed by atoms with Gasteiger partial charge in [-0.25, -0.2) is 0 Å². The quantitative estimate of drug-likeness (QED) is 0.739. The summed E-state index contributed by atoms with van der Waals surface area (Å²) in [5.74, 6) is 1.06. The number of ketones is 2. The van der Waals surface area contributed by atoms with Crippen molar-refractivity contribution >= 4 is 11.6 Å². The van der Waals surface area contributed by atoms with E-state index in [-0.39, 0.29) is 23.4 Å². The molecular formula is C19H22O2. The molecule has 1 aromatic carbocycles. The smallest absolute Gasteiger partial charge is 0.151 e. The Kier molecular flexibility index (Phi) is 2.70. The average molecular weight is 282 g/mol. The Bertz CT molecular complexity index is 607. The van der Waals surface area contributed by atoms with Crippen LogP contribution in [0, 0.1) is 44.4 Å². The predicted octanol–water partition coefficient (Wildman–Crippen LogP) is 3.51. The Balaban J connectivity index is 1.81. The molecule has 1 unspecified atom stereocenters. The van der Waals surface area contributed by atoms with Crippen molar-refractivity contribution in [1.29, 1.82) is 0 Å². The van der Waals surface area contributed by atoms with E-state index in [0.29, 0.717) is 11.8 Å². The zero-order chi connectivity index (χ0) is 14.9. The summed E-state index contributed by atoms with van der Waals surface area (Å²) in [6.07, 6.45) is 3.43. The van der Waals surface area contributed by atoms with Crippen LogP contribution in [-0.4, -0.2) is 11.6 Å². The maximum absolute atomic E-state index is 13.0. The van der Waals surface area contributed by atoms with Crippen molar-refractivity contribution in [1.82, 2.24) is 0 Å². The second-order valence-corrected chi connectivity index (χ2v) is 7.43. The topological polar surface area (TPSA) is 34.1 Å². The molecule has 3 saturated carbocycles. The van der Waals surface area contributed by atoms with Gasteiger partial charge < -0.3 is 0 Å². The van der Waals surface area contributed by atoms with Gasteiger partial charge in [0.1, 0.15) is 5.92 Å². The highest BCUT2D eigenvalue weighted by Crippen LogP contribution is 2.59. The van der Waals surface area contributed by atoms with E-state index in [2.05, 4.69) is 19.1 Å². The van der Waals surface area contributed by atoms with Crippen molar-refractivity contribution in [3.05, 3.63) is 34.4 Å². The fourth-order valence-corrected chi connectivity index (χ4v) is 5.57. The summed E-state index contributed by atoms with van der Waals surface area (Å²) in [6, 6.07) is 4.21. The lowest BCUT2D eigenvalue weighted by atomic mass is 9.81. The van der Waals surface area contributed by atoms with E-state index < -0.39 is 5.92 Å². The summed E-state index contributed by atoms with van der Waals surface area (Å²) < 4.78 is 0. The predicted molar refractivity (Wildman–Crippen MR) is 81.2 cm³/mol. The third kappa shape index (κ3) is 1.65. The number of carbonyl (C=O) groups excluding carboxylic acids is 2. The molecule has 5 atom stereocenters. The van der Waals surface area contributed by atoms with Crippen LogP contribution in [0.4, 0.5) is 0 Å². The first-order valence-corrected chi connectivity index (χ1v) is 8.14. The van der Waals surface area contributed by atoms with Crippen molar-refractivity contribution in [3.8, 4) is 0 Å². The molecule has 110 valence electrons. The van der Waals surface area contributed by atoms with Crippen LogP contribution in [0.25, 0.3) is 0 Å². The number of fused-ring (bicyclic) bond motifs is 5. The van der Waals surface area contributed by atoms with E-state index in [9.17, 15) is 9.59 Å². The SMILES string of the molecule is Cc1cc(C)c(C2C(=O)[C@@H]3[C@@H]4CC[C@@H](C4)[C@@H]3C2=O)c(C)c1. The van der Waals surface area contributed by atoms with Crippen LogP contribution in [-0.2, 0) is 9.59 Å². The minimum absolute atomic E-state index is 0.0429. The molecular weight excluding hydrogens is 260 g/mol. The Hall–Kier alpha value is -1.44. The molecule has 2 heteroatoms. The second kappa shape index (κ2) is 4.28. The van der Waals surface area contributed by atoms with Gasteiger partial charge in [0.05, 0.1) is 0 Å². The summed E-state index contributed by atoms with van der Waals surface area (Å²) >= 11 is 0. The van der Waals surface area contributed by atoms with Crippen molar-refractivity contribution in [3.63, 3.8) is 0 Å². The Morgan fingerprint density at radius 1 is 0.857 bits per heavy atom. The van der Waals surface area contributed by atoms with Crippen molar-refractivity contribution < 1.29 is 9.59 Å². The number of rotatable bonds is 1. The highest BCUT2D eigenvalue weighted by Gasteiger charge is 2.61. The van der Waals surface area contributed by atoms with Gasteiger partial charge in [-0.05, 0) is 68.6 Å². The highest BCUT2D eigenvalue weighted by atomic mass is 16.2. The zero-order valence-corrected chi connectivity index (χ0v) is 13.0. The van der Waals surface area contributed by atoms with Gasteiger partial charge in [0.15, 0.2) is 11.6 Å². The number of carbonyl (C=O) groups is 2. The largest absolute Gasteiger partial charge is 0.298 e. The molecule has 0 heterocycles. The molecule has 0 saturated heterocycles. The lowest BCUT2D eigenvalue weighted by Crippen LogP contribution is -2.24. The molecule has 0 radical (unpaired) electrons. The van der Waals surface area contributed by atoms with Gasteiger partial charge in [-0.15, -0.1) is 0 Å². The Labute approximate surface area is 125 Å². The molecule has 0 N–H and O–H groups in total. The van der Waals surface area contributed by atoms with Gasteiger partial charge in [-0.1, -0.05) is 17.7 Å². The average Bonchev–Trinajstić information content (AvgIpc) is 3.06. The number of hydrogen-bond acceptors (Lipinski definition) is 2. The van der Waals surface area contributed by atoms with E-state index >= 15 is 0 Å². The van der Waals surface area contributed by atoms with Gasteiger partial charge in [-0.2, -0.15) is 0 Å². The van der Waals surface area contributed by atoms with E-state index in [1.165, 1.54) is 5.56 Å². The van der Waals surface area contributed by atoms with Gasteiger partial charge in [0, 0.05) is 11.8 Å².